The van der Waals surface area contributed by atoms with E-state index in [-0.39, 0.29) is 11.1 Å². The van der Waals surface area contributed by atoms with Gasteiger partial charge in [-0.1, -0.05) is 106 Å². The lowest BCUT2D eigenvalue weighted by Crippen LogP contribution is -2.17. The molecule has 5 heterocycles. The van der Waals surface area contributed by atoms with E-state index in [1.165, 1.54) is 0 Å². The lowest BCUT2D eigenvalue weighted by molar-refractivity contribution is 0.673. The standard InChI is InChI=1S/C68H46N6O/c1-37-15-22-55-46(29-37)47-30-38(2)16-23-56(47)71(55)64-52(35-69)53(36-70)65(74-54-13-9-7-12-45(54)63-61(74)28-21-44-43-11-8-10-14-62(43)75-68(44)63)67(73-59-26-19-41(5)33-50(59)51-34-42(6)20-27-60(51)73)66(64)72-57-24-17-39(3)31-48(57)49-32-40(4)18-25-58(49)72/h7-34H,1-6H3. The quantitative estimate of drug-likeness (QED) is 0.176. The average Bonchev–Trinajstić information content (AvgIpc) is 4.28. The Bertz CT molecular complexity index is 4990. The van der Waals surface area contributed by atoms with Gasteiger partial charge in [0.05, 0.1) is 83.4 Å². The van der Waals surface area contributed by atoms with Gasteiger partial charge in [-0.25, -0.2) is 0 Å². The van der Waals surface area contributed by atoms with E-state index in [0.717, 1.165) is 154 Å². The minimum atomic E-state index is 0.259. The third kappa shape index (κ3) is 5.78. The number of para-hydroxylation sites is 2. The van der Waals surface area contributed by atoms with Crippen LogP contribution in [0.2, 0.25) is 0 Å². The van der Waals surface area contributed by atoms with E-state index in [9.17, 15) is 10.5 Å². The van der Waals surface area contributed by atoms with Crippen LogP contribution in [0, 0.1) is 64.2 Å². The summed E-state index contributed by atoms with van der Waals surface area (Å²) < 4.78 is 16.2. The summed E-state index contributed by atoms with van der Waals surface area (Å²) >= 11 is 0. The second-order valence-electron chi connectivity index (χ2n) is 20.8. The molecule has 0 N–H and O–H groups in total. The van der Waals surface area contributed by atoms with Gasteiger partial charge in [-0.2, -0.15) is 10.5 Å². The Morgan fingerprint density at radius 2 is 0.627 bits per heavy atom. The fourth-order valence-electron chi connectivity index (χ4n) is 12.7. The summed E-state index contributed by atoms with van der Waals surface area (Å²) in [6.07, 6.45) is 0. The van der Waals surface area contributed by atoms with E-state index in [1.54, 1.807) is 0 Å². The zero-order chi connectivity index (χ0) is 50.7. The van der Waals surface area contributed by atoms with Gasteiger partial charge in [-0.15, -0.1) is 0 Å². The molecule has 0 aliphatic heterocycles. The van der Waals surface area contributed by atoms with Crippen LogP contribution in [0.3, 0.4) is 0 Å². The van der Waals surface area contributed by atoms with Gasteiger partial charge < -0.3 is 22.7 Å². The zero-order valence-corrected chi connectivity index (χ0v) is 42.3. The lowest BCUT2D eigenvalue weighted by Gasteiger charge is -2.27. The largest absolute Gasteiger partial charge is 0.455 e. The molecular weight excluding hydrogens is 917 g/mol. The number of rotatable bonds is 4. The van der Waals surface area contributed by atoms with E-state index in [1.807, 2.05) is 18.2 Å². The molecule has 0 fully saturated rings. The normalized spacial score (nSPS) is 12.1. The second kappa shape index (κ2) is 15.4. The highest BCUT2D eigenvalue weighted by Gasteiger charge is 2.35. The molecule has 15 rings (SSSR count). The van der Waals surface area contributed by atoms with E-state index in [2.05, 4.69) is 224 Å². The summed E-state index contributed by atoms with van der Waals surface area (Å²) in [7, 11) is 0. The number of aryl methyl sites for hydroxylation is 6. The van der Waals surface area contributed by atoms with Crippen LogP contribution in [0.25, 0.3) is 132 Å². The molecule has 0 unspecified atom stereocenters. The van der Waals surface area contributed by atoms with Gasteiger partial charge in [0, 0.05) is 48.5 Å². The number of nitriles is 2. The van der Waals surface area contributed by atoms with E-state index in [4.69, 9.17) is 4.42 Å². The lowest BCUT2D eigenvalue weighted by atomic mass is 9.98. The Balaban J connectivity index is 1.29. The molecule has 0 amide bonds. The minimum absolute atomic E-state index is 0.259. The van der Waals surface area contributed by atoms with Crippen molar-refractivity contribution in [3.05, 3.63) is 214 Å². The van der Waals surface area contributed by atoms with E-state index in [0.29, 0.717) is 11.4 Å². The molecule has 15 aromatic rings. The molecule has 75 heavy (non-hydrogen) atoms. The Labute approximate surface area is 431 Å². The topological polar surface area (TPSA) is 80.4 Å². The highest BCUT2D eigenvalue weighted by molar-refractivity contribution is 6.24. The Kier molecular flexibility index (Phi) is 8.77. The SMILES string of the molecule is Cc1ccc2c(c1)c1cc(C)ccc1n2-c1c(C#N)c(C#N)c(-n2c3ccccc3c3c4oc5ccccc5c4ccc32)c(-n2c3ccc(C)cc3c3cc(C)ccc32)c1-n1c2ccc(C)cc2c2cc(C)ccc21. The summed E-state index contributed by atoms with van der Waals surface area (Å²) in [6, 6.07) is 66.4. The average molecular weight is 963 g/mol. The Hall–Kier alpha value is -9.82. The van der Waals surface area contributed by atoms with Gasteiger partial charge >= 0.3 is 0 Å². The molecular formula is C68H46N6O. The van der Waals surface area contributed by atoms with Crippen LogP contribution >= 0.6 is 0 Å². The third-order valence-corrected chi connectivity index (χ3v) is 15.9. The van der Waals surface area contributed by atoms with Crippen molar-refractivity contribution in [3.8, 4) is 34.9 Å². The van der Waals surface area contributed by atoms with Crippen molar-refractivity contribution in [2.24, 2.45) is 0 Å². The molecule has 0 radical (unpaired) electrons. The fourth-order valence-corrected chi connectivity index (χ4v) is 12.7. The molecule has 0 aliphatic rings. The number of aromatic nitrogens is 4. The third-order valence-electron chi connectivity index (χ3n) is 15.9. The fraction of sp³-hybridized carbons (Fsp3) is 0.0882. The van der Waals surface area contributed by atoms with Gasteiger partial charge in [-0.3, -0.25) is 0 Å². The van der Waals surface area contributed by atoms with Crippen molar-refractivity contribution < 1.29 is 4.42 Å². The minimum Gasteiger partial charge on any atom is -0.455 e. The molecule has 10 aromatic carbocycles. The van der Waals surface area contributed by atoms with Gasteiger partial charge in [0.1, 0.15) is 23.3 Å². The Morgan fingerprint density at radius 3 is 1.03 bits per heavy atom. The van der Waals surface area contributed by atoms with Crippen molar-refractivity contribution >= 4 is 109 Å². The van der Waals surface area contributed by atoms with Crippen LogP contribution in [0.5, 0.6) is 0 Å². The molecule has 7 heteroatoms. The molecule has 0 spiro atoms. The number of furan rings is 1. The van der Waals surface area contributed by atoms with Crippen LogP contribution in [0.4, 0.5) is 0 Å². The number of hydrogen-bond donors (Lipinski definition) is 0. The second-order valence-corrected chi connectivity index (χ2v) is 20.8. The summed E-state index contributed by atoms with van der Waals surface area (Å²) in [5, 5.41) is 35.2. The van der Waals surface area contributed by atoms with Crippen LogP contribution in [-0.2, 0) is 0 Å². The number of fused-ring (bicyclic) bond motifs is 16. The van der Waals surface area contributed by atoms with Gasteiger partial charge in [0.15, 0.2) is 0 Å². The highest BCUT2D eigenvalue weighted by Crippen LogP contribution is 2.50. The van der Waals surface area contributed by atoms with Crippen molar-refractivity contribution in [1.82, 2.24) is 18.3 Å². The van der Waals surface area contributed by atoms with Crippen molar-refractivity contribution in [1.29, 1.82) is 10.5 Å². The highest BCUT2D eigenvalue weighted by atomic mass is 16.3. The number of hydrogen-bond acceptors (Lipinski definition) is 3. The van der Waals surface area contributed by atoms with Crippen LogP contribution in [0.1, 0.15) is 44.5 Å². The molecule has 0 aliphatic carbocycles. The molecule has 0 bridgehead atoms. The molecule has 0 saturated carbocycles. The maximum absolute atomic E-state index is 12.4. The first kappa shape index (κ1) is 42.8. The molecule has 354 valence electrons. The summed E-state index contributed by atoms with van der Waals surface area (Å²) in [5.41, 5.74) is 19.2. The molecule has 0 atom stereocenters. The summed E-state index contributed by atoms with van der Waals surface area (Å²) in [5.74, 6) is 0. The Morgan fingerprint density at radius 1 is 0.307 bits per heavy atom. The van der Waals surface area contributed by atoms with E-state index < -0.39 is 0 Å². The summed E-state index contributed by atoms with van der Waals surface area (Å²) in [6.45, 7) is 12.8. The van der Waals surface area contributed by atoms with Crippen molar-refractivity contribution in [2.45, 2.75) is 41.5 Å². The molecule has 7 nitrogen and oxygen atoms in total. The first-order valence-corrected chi connectivity index (χ1v) is 25.5. The van der Waals surface area contributed by atoms with Crippen LogP contribution in [0.15, 0.2) is 174 Å². The number of nitrogens with zero attached hydrogens (tertiary/aromatic N) is 6. The molecule has 5 aromatic heterocycles. The zero-order valence-electron chi connectivity index (χ0n) is 42.3. The number of benzene rings is 10. The van der Waals surface area contributed by atoms with Gasteiger partial charge in [-0.05, 0) is 139 Å². The van der Waals surface area contributed by atoms with Crippen LogP contribution < -0.4 is 0 Å². The van der Waals surface area contributed by atoms with Crippen LogP contribution in [-0.4, -0.2) is 18.3 Å². The smallest absolute Gasteiger partial charge is 0.145 e. The first-order chi connectivity index (χ1) is 36.6. The van der Waals surface area contributed by atoms with Crippen molar-refractivity contribution in [2.75, 3.05) is 0 Å². The monoisotopic (exact) mass is 962 g/mol. The summed E-state index contributed by atoms with van der Waals surface area (Å²) in [4.78, 5) is 0. The molecule has 0 saturated heterocycles. The maximum Gasteiger partial charge on any atom is 0.145 e. The predicted octanol–water partition coefficient (Wildman–Crippen LogP) is 17.6. The van der Waals surface area contributed by atoms with Gasteiger partial charge in [0.2, 0.25) is 0 Å². The first-order valence-electron chi connectivity index (χ1n) is 25.5. The van der Waals surface area contributed by atoms with Gasteiger partial charge in [0.25, 0.3) is 0 Å². The van der Waals surface area contributed by atoms with Crippen molar-refractivity contribution in [3.63, 3.8) is 0 Å². The predicted molar refractivity (Wildman–Crippen MR) is 309 cm³/mol. The van der Waals surface area contributed by atoms with E-state index >= 15 is 0 Å². The maximum atomic E-state index is 12.4.